The smallest absolute Gasteiger partial charge is 0.255 e. The van der Waals surface area contributed by atoms with Crippen molar-refractivity contribution in [3.63, 3.8) is 0 Å². The Labute approximate surface area is 108 Å². The Morgan fingerprint density at radius 3 is 2.83 bits per heavy atom. The van der Waals surface area contributed by atoms with E-state index >= 15 is 0 Å². The van der Waals surface area contributed by atoms with Crippen molar-refractivity contribution in [3.05, 3.63) is 23.8 Å². The first-order valence-electron chi connectivity index (χ1n) is 5.93. The van der Waals surface area contributed by atoms with E-state index in [1.54, 1.807) is 37.3 Å². The van der Waals surface area contributed by atoms with Crippen LogP contribution in [0, 0.1) is 0 Å². The van der Waals surface area contributed by atoms with Crippen LogP contribution in [0.15, 0.2) is 18.2 Å². The minimum absolute atomic E-state index is 0.0810. The number of hydrogen-bond acceptors (Lipinski definition) is 4. The first kappa shape index (κ1) is 14.3. The minimum Gasteiger partial charge on any atom is -0.497 e. The standard InChI is InChI=1S/C13H21N3O2/c1-15-7-4-8-16(2)13(17)11-9-10(18-3)5-6-12(11)14/h5-6,9,15H,4,7-8,14H2,1-3H3. The number of carbonyl (C=O) groups excluding carboxylic acids is 1. The molecule has 0 unspecified atom stereocenters. The van der Waals surface area contributed by atoms with Gasteiger partial charge >= 0.3 is 0 Å². The van der Waals surface area contributed by atoms with Crippen LogP contribution in [-0.4, -0.2) is 45.1 Å². The molecule has 0 fully saturated rings. The zero-order chi connectivity index (χ0) is 13.5. The third-order valence-corrected chi connectivity index (χ3v) is 2.76. The van der Waals surface area contributed by atoms with Crippen molar-refractivity contribution in [2.24, 2.45) is 0 Å². The van der Waals surface area contributed by atoms with E-state index in [0.29, 0.717) is 23.5 Å². The third kappa shape index (κ3) is 3.63. The van der Waals surface area contributed by atoms with Gasteiger partial charge in [0.25, 0.3) is 5.91 Å². The van der Waals surface area contributed by atoms with Gasteiger partial charge in [0.05, 0.1) is 12.7 Å². The number of nitrogen functional groups attached to an aromatic ring is 1. The van der Waals surface area contributed by atoms with Crippen LogP contribution >= 0.6 is 0 Å². The summed E-state index contributed by atoms with van der Waals surface area (Å²) in [5.41, 5.74) is 6.78. The molecular weight excluding hydrogens is 230 g/mol. The topological polar surface area (TPSA) is 67.6 Å². The van der Waals surface area contributed by atoms with Gasteiger partial charge in [0, 0.05) is 19.3 Å². The molecule has 0 heterocycles. The zero-order valence-electron chi connectivity index (χ0n) is 11.2. The molecule has 0 saturated heterocycles. The van der Waals surface area contributed by atoms with E-state index in [0.717, 1.165) is 13.0 Å². The first-order chi connectivity index (χ1) is 8.60. The minimum atomic E-state index is -0.0810. The predicted molar refractivity (Wildman–Crippen MR) is 72.9 cm³/mol. The zero-order valence-corrected chi connectivity index (χ0v) is 11.2. The molecule has 100 valence electrons. The summed E-state index contributed by atoms with van der Waals surface area (Å²) < 4.78 is 5.10. The molecule has 5 nitrogen and oxygen atoms in total. The second-order valence-corrected chi connectivity index (χ2v) is 4.14. The maximum atomic E-state index is 12.2. The Morgan fingerprint density at radius 2 is 2.22 bits per heavy atom. The molecule has 0 atom stereocenters. The van der Waals surface area contributed by atoms with Crippen LogP contribution < -0.4 is 15.8 Å². The highest BCUT2D eigenvalue weighted by molar-refractivity contribution is 5.99. The number of carbonyl (C=O) groups is 1. The number of anilines is 1. The molecular formula is C13H21N3O2. The molecule has 0 bridgehead atoms. The van der Waals surface area contributed by atoms with E-state index in [-0.39, 0.29) is 5.91 Å². The summed E-state index contributed by atoms with van der Waals surface area (Å²) in [6, 6.07) is 5.10. The lowest BCUT2D eigenvalue weighted by molar-refractivity contribution is 0.0794. The van der Waals surface area contributed by atoms with Gasteiger partial charge in [-0.25, -0.2) is 0 Å². The number of hydrogen-bond donors (Lipinski definition) is 2. The summed E-state index contributed by atoms with van der Waals surface area (Å²) in [5, 5.41) is 3.05. The van der Waals surface area contributed by atoms with E-state index in [9.17, 15) is 4.79 Å². The summed E-state index contributed by atoms with van der Waals surface area (Å²) in [7, 11) is 5.23. The number of methoxy groups -OCH3 is 1. The van der Waals surface area contributed by atoms with Crippen molar-refractivity contribution in [2.45, 2.75) is 6.42 Å². The molecule has 0 aliphatic rings. The number of benzene rings is 1. The van der Waals surface area contributed by atoms with Crippen molar-refractivity contribution in [3.8, 4) is 5.75 Å². The largest absolute Gasteiger partial charge is 0.497 e. The van der Waals surface area contributed by atoms with Gasteiger partial charge in [0.1, 0.15) is 5.75 Å². The SMILES string of the molecule is CNCCCN(C)C(=O)c1cc(OC)ccc1N. The molecule has 0 radical (unpaired) electrons. The van der Waals surface area contributed by atoms with Gasteiger partial charge in [-0.1, -0.05) is 0 Å². The fourth-order valence-corrected chi connectivity index (χ4v) is 1.65. The van der Waals surface area contributed by atoms with Crippen LogP contribution in [0.25, 0.3) is 0 Å². The Bertz CT molecular complexity index is 407. The number of amides is 1. The summed E-state index contributed by atoms with van der Waals surface area (Å²) in [6.07, 6.45) is 0.905. The number of nitrogens with zero attached hydrogens (tertiary/aromatic N) is 1. The highest BCUT2D eigenvalue weighted by Gasteiger charge is 2.15. The van der Waals surface area contributed by atoms with Gasteiger partial charge in [-0.15, -0.1) is 0 Å². The van der Waals surface area contributed by atoms with Crippen LogP contribution in [0.1, 0.15) is 16.8 Å². The van der Waals surface area contributed by atoms with Gasteiger partial charge in [-0.2, -0.15) is 0 Å². The summed E-state index contributed by atoms with van der Waals surface area (Å²) in [6.45, 7) is 1.57. The monoisotopic (exact) mass is 251 g/mol. The molecule has 1 aromatic rings. The maximum Gasteiger partial charge on any atom is 0.255 e. The fraction of sp³-hybridized carbons (Fsp3) is 0.462. The van der Waals surface area contributed by atoms with Crippen molar-refractivity contribution < 1.29 is 9.53 Å². The number of ether oxygens (including phenoxy) is 1. The number of rotatable bonds is 6. The molecule has 0 aliphatic heterocycles. The van der Waals surface area contributed by atoms with E-state index in [2.05, 4.69) is 5.32 Å². The van der Waals surface area contributed by atoms with Crippen LogP contribution in [0.3, 0.4) is 0 Å². The first-order valence-corrected chi connectivity index (χ1v) is 5.93. The fourth-order valence-electron chi connectivity index (χ4n) is 1.65. The van der Waals surface area contributed by atoms with E-state index in [1.807, 2.05) is 7.05 Å². The molecule has 1 amide bonds. The Hall–Kier alpha value is -1.75. The van der Waals surface area contributed by atoms with E-state index in [4.69, 9.17) is 10.5 Å². The highest BCUT2D eigenvalue weighted by Crippen LogP contribution is 2.20. The van der Waals surface area contributed by atoms with Gasteiger partial charge in [-0.3, -0.25) is 4.79 Å². The third-order valence-electron chi connectivity index (χ3n) is 2.76. The average Bonchev–Trinajstić information content (AvgIpc) is 2.38. The van der Waals surface area contributed by atoms with E-state index in [1.165, 1.54) is 0 Å². The molecule has 0 saturated carbocycles. The molecule has 18 heavy (non-hydrogen) atoms. The molecule has 3 N–H and O–H groups in total. The van der Waals surface area contributed by atoms with Crippen LogP contribution in [0.4, 0.5) is 5.69 Å². The molecule has 5 heteroatoms. The van der Waals surface area contributed by atoms with Crippen LogP contribution in [-0.2, 0) is 0 Å². The molecule has 0 spiro atoms. The Kier molecular flexibility index (Phi) is 5.45. The van der Waals surface area contributed by atoms with Crippen molar-refractivity contribution in [2.75, 3.05) is 40.0 Å². The van der Waals surface area contributed by atoms with Crippen LogP contribution in [0.2, 0.25) is 0 Å². The van der Waals surface area contributed by atoms with Crippen molar-refractivity contribution in [1.82, 2.24) is 10.2 Å². The van der Waals surface area contributed by atoms with Gasteiger partial charge in [0.2, 0.25) is 0 Å². The van der Waals surface area contributed by atoms with Gasteiger partial charge in [-0.05, 0) is 38.2 Å². The summed E-state index contributed by atoms with van der Waals surface area (Å²) in [4.78, 5) is 13.9. The molecule has 0 aromatic heterocycles. The highest BCUT2D eigenvalue weighted by atomic mass is 16.5. The second kappa shape index (κ2) is 6.86. The Balaban J connectivity index is 2.76. The number of nitrogens with two attached hydrogens (primary N) is 1. The quantitative estimate of drug-likeness (QED) is 0.583. The second-order valence-electron chi connectivity index (χ2n) is 4.14. The van der Waals surface area contributed by atoms with E-state index < -0.39 is 0 Å². The molecule has 1 aromatic carbocycles. The summed E-state index contributed by atoms with van der Waals surface area (Å²) >= 11 is 0. The lowest BCUT2D eigenvalue weighted by Crippen LogP contribution is -2.30. The van der Waals surface area contributed by atoms with Crippen molar-refractivity contribution >= 4 is 11.6 Å². The lowest BCUT2D eigenvalue weighted by atomic mass is 10.1. The van der Waals surface area contributed by atoms with Gasteiger partial charge in [0.15, 0.2) is 0 Å². The normalized spacial score (nSPS) is 10.2. The Morgan fingerprint density at radius 1 is 1.50 bits per heavy atom. The summed E-state index contributed by atoms with van der Waals surface area (Å²) in [5.74, 6) is 0.554. The molecule has 1 rings (SSSR count). The van der Waals surface area contributed by atoms with Crippen LogP contribution in [0.5, 0.6) is 5.75 Å². The maximum absolute atomic E-state index is 12.2. The van der Waals surface area contributed by atoms with Crippen molar-refractivity contribution in [1.29, 1.82) is 0 Å². The van der Waals surface area contributed by atoms with Gasteiger partial charge < -0.3 is 20.7 Å². The predicted octanol–water partition coefficient (Wildman–Crippen LogP) is 0.959. The lowest BCUT2D eigenvalue weighted by Gasteiger charge is -2.18. The number of nitrogens with one attached hydrogen (secondary N) is 1. The molecule has 0 aliphatic carbocycles. The average molecular weight is 251 g/mol.